The second-order valence-electron chi connectivity index (χ2n) is 6.32. The Balaban J connectivity index is 1.98. The van der Waals surface area contributed by atoms with Gasteiger partial charge in [-0.25, -0.2) is 0 Å². The Hall–Kier alpha value is -2.62. The number of hydrogen-bond acceptors (Lipinski definition) is 5. The van der Waals surface area contributed by atoms with Crippen LogP contribution in [-0.2, 0) is 30.0 Å². The maximum absolute atomic E-state index is 12.9. The number of carbonyl (C=O) groups is 3. The summed E-state index contributed by atoms with van der Waals surface area (Å²) in [5, 5.41) is 2.52. The summed E-state index contributed by atoms with van der Waals surface area (Å²) in [6.45, 7) is 1.83. The predicted molar refractivity (Wildman–Crippen MR) is 92.3 cm³/mol. The van der Waals surface area contributed by atoms with E-state index >= 15 is 0 Å². The number of amides is 2. The van der Waals surface area contributed by atoms with Crippen molar-refractivity contribution < 1.29 is 37.0 Å². The number of carbonyl (C=O) groups excluding carboxylic acids is 3. The van der Waals surface area contributed by atoms with Crippen molar-refractivity contribution in [2.24, 2.45) is 5.92 Å². The molecule has 2 atom stereocenters. The average Bonchev–Trinajstić information content (AvgIpc) is 3.03. The maximum Gasteiger partial charge on any atom is 0.416 e. The van der Waals surface area contributed by atoms with E-state index in [9.17, 15) is 27.6 Å². The Labute approximate surface area is 159 Å². The number of benzene rings is 1. The van der Waals surface area contributed by atoms with Gasteiger partial charge in [-0.1, -0.05) is 6.07 Å². The molecule has 1 fully saturated rings. The fourth-order valence-electron chi connectivity index (χ4n) is 2.71. The molecule has 0 aliphatic carbocycles. The summed E-state index contributed by atoms with van der Waals surface area (Å²) in [6.07, 6.45) is -5.81. The van der Waals surface area contributed by atoms with E-state index in [1.165, 1.54) is 26.2 Å². The second-order valence-corrected chi connectivity index (χ2v) is 6.32. The molecule has 154 valence electrons. The van der Waals surface area contributed by atoms with Crippen molar-refractivity contribution in [3.63, 3.8) is 0 Å². The zero-order valence-corrected chi connectivity index (χ0v) is 15.4. The summed E-state index contributed by atoms with van der Waals surface area (Å²) in [4.78, 5) is 37.4. The minimum atomic E-state index is -4.54. The standard InChI is InChI=1S/C18H21F3N2O5/c1-11(16(25)22-6-7-27-2)28-17(26)12-8-15(24)23(10-12)14-5-3-4-13(9-14)18(19,20)21/h3-5,9,11-12H,6-8,10H2,1-2H3,(H,22,25)/t11-,12-/m0/s1. The van der Waals surface area contributed by atoms with Gasteiger partial charge in [0.2, 0.25) is 5.91 Å². The number of anilines is 1. The molecular weight excluding hydrogens is 381 g/mol. The van der Waals surface area contributed by atoms with Crippen LogP contribution < -0.4 is 10.2 Å². The van der Waals surface area contributed by atoms with Gasteiger partial charge in [0.1, 0.15) is 0 Å². The van der Waals surface area contributed by atoms with E-state index in [0.29, 0.717) is 6.61 Å². The molecule has 0 radical (unpaired) electrons. The van der Waals surface area contributed by atoms with E-state index in [2.05, 4.69) is 5.32 Å². The highest BCUT2D eigenvalue weighted by atomic mass is 19.4. The van der Waals surface area contributed by atoms with Crippen LogP contribution in [0.25, 0.3) is 0 Å². The molecule has 7 nitrogen and oxygen atoms in total. The third-order valence-corrected chi connectivity index (χ3v) is 4.21. The molecule has 2 amide bonds. The van der Waals surface area contributed by atoms with Gasteiger partial charge in [0.05, 0.1) is 18.1 Å². The SMILES string of the molecule is COCCNC(=O)[C@H](C)OC(=O)[C@H]1CC(=O)N(c2cccc(C(F)(F)F)c2)C1. The van der Waals surface area contributed by atoms with Crippen LogP contribution >= 0.6 is 0 Å². The smallest absolute Gasteiger partial charge is 0.416 e. The van der Waals surface area contributed by atoms with Crippen molar-refractivity contribution >= 4 is 23.5 Å². The van der Waals surface area contributed by atoms with Crippen LogP contribution in [-0.4, -0.2) is 50.7 Å². The number of halogens is 3. The van der Waals surface area contributed by atoms with Gasteiger partial charge in [-0.3, -0.25) is 14.4 Å². The number of rotatable bonds is 7. The molecule has 0 unspecified atom stereocenters. The molecule has 0 aromatic heterocycles. The highest BCUT2D eigenvalue weighted by Gasteiger charge is 2.38. The Morgan fingerprint density at radius 2 is 2.07 bits per heavy atom. The van der Waals surface area contributed by atoms with E-state index in [1.807, 2.05) is 0 Å². The van der Waals surface area contributed by atoms with Crippen molar-refractivity contribution in [2.45, 2.75) is 25.6 Å². The van der Waals surface area contributed by atoms with Crippen LogP contribution in [0, 0.1) is 5.92 Å². The molecule has 0 saturated carbocycles. The monoisotopic (exact) mass is 402 g/mol. The molecule has 1 aromatic carbocycles. The third kappa shape index (κ3) is 5.44. The summed E-state index contributed by atoms with van der Waals surface area (Å²) in [5.41, 5.74) is -0.828. The molecule has 1 aromatic rings. The van der Waals surface area contributed by atoms with Gasteiger partial charge in [0, 0.05) is 32.3 Å². The van der Waals surface area contributed by atoms with E-state index in [4.69, 9.17) is 9.47 Å². The molecular formula is C18H21F3N2O5. The number of nitrogens with zero attached hydrogens (tertiary/aromatic N) is 1. The summed E-state index contributed by atoms with van der Waals surface area (Å²) in [6, 6.07) is 4.33. The molecule has 28 heavy (non-hydrogen) atoms. The zero-order chi connectivity index (χ0) is 20.9. The maximum atomic E-state index is 12.9. The van der Waals surface area contributed by atoms with Crippen LogP contribution in [0.4, 0.5) is 18.9 Å². The Kier molecular flexibility index (Phi) is 7.00. The molecule has 1 aliphatic rings. The van der Waals surface area contributed by atoms with Gasteiger partial charge >= 0.3 is 12.1 Å². The van der Waals surface area contributed by atoms with Crippen LogP contribution in [0.2, 0.25) is 0 Å². The van der Waals surface area contributed by atoms with Gasteiger partial charge < -0.3 is 19.7 Å². The van der Waals surface area contributed by atoms with Crippen LogP contribution in [0.3, 0.4) is 0 Å². The van der Waals surface area contributed by atoms with Crippen molar-refractivity contribution in [1.29, 1.82) is 0 Å². The highest BCUT2D eigenvalue weighted by Crippen LogP contribution is 2.33. The lowest BCUT2D eigenvalue weighted by Crippen LogP contribution is -2.38. The van der Waals surface area contributed by atoms with Gasteiger partial charge in [-0.2, -0.15) is 13.2 Å². The van der Waals surface area contributed by atoms with Gasteiger partial charge in [-0.15, -0.1) is 0 Å². The summed E-state index contributed by atoms with van der Waals surface area (Å²) in [7, 11) is 1.48. The number of methoxy groups -OCH3 is 1. The van der Waals surface area contributed by atoms with E-state index in [1.54, 1.807) is 0 Å². The van der Waals surface area contributed by atoms with Crippen molar-refractivity contribution in [3.05, 3.63) is 29.8 Å². The quantitative estimate of drug-likeness (QED) is 0.555. The number of esters is 1. The molecule has 10 heteroatoms. The highest BCUT2D eigenvalue weighted by molar-refractivity contribution is 5.99. The lowest BCUT2D eigenvalue weighted by molar-refractivity contribution is -0.158. The minimum absolute atomic E-state index is 0.0560. The van der Waals surface area contributed by atoms with Crippen molar-refractivity contribution in [1.82, 2.24) is 5.32 Å². The van der Waals surface area contributed by atoms with E-state index in [0.717, 1.165) is 17.0 Å². The first-order chi connectivity index (χ1) is 13.1. The lowest BCUT2D eigenvalue weighted by Gasteiger charge is -2.19. The number of nitrogens with one attached hydrogen (secondary N) is 1. The summed E-state index contributed by atoms with van der Waals surface area (Å²) < 4.78 is 48.5. The average molecular weight is 402 g/mol. The predicted octanol–water partition coefficient (Wildman–Crippen LogP) is 1.75. The fraction of sp³-hybridized carbons (Fsp3) is 0.500. The van der Waals surface area contributed by atoms with Crippen LogP contribution in [0.15, 0.2) is 24.3 Å². The molecule has 0 bridgehead atoms. The first-order valence-corrected chi connectivity index (χ1v) is 8.58. The van der Waals surface area contributed by atoms with Gasteiger partial charge in [0.15, 0.2) is 6.10 Å². The second kappa shape index (κ2) is 9.05. The van der Waals surface area contributed by atoms with E-state index < -0.39 is 41.5 Å². The topological polar surface area (TPSA) is 84.9 Å². The van der Waals surface area contributed by atoms with Crippen molar-refractivity contribution in [3.8, 4) is 0 Å². The third-order valence-electron chi connectivity index (χ3n) is 4.21. The Morgan fingerprint density at radius 1 is 1.36 bits per heavy atom. The van der Waals surface area contributed by atoms with Crippen LogP contribution in [0.1, 0.15) is 18.9 Å². The lowest BCUT2D eigenvalue weighted by atomic mass is 10.1. The Bertz CT molecular complexity index is 738. The normalized spacial score (nSPS) is 18.1. The largest absolute Gasteiger partial charge is 0.452 e. The summed E-state index contributed by atoms with van der Waals surface area (Å²) >= 11 is 0. The van der Waals surface area contributed by atoms with E-state index in [-0.39, 0.29) is 25.2 Å². The minimum Gasteiger partial charge on any atom is -0.452 e. The Morgan fingerprint density at radius 3 is 2.71 bits per heavy atom. The van der Waals surface area contributed by atoms with Crippen molar-refractivity contribution in [2.75, 3.05) is 31.7 Å². The molecule has 1 saturated heterocycles. The number of hydrogen-bond donors (Lipinski definition) is 1. The van der Waals surface area contributed by atoms with Gasteiger partial charge in [0.25, 0.3) is 5.91 Å². The van der Waals surface area contributed by atoms with Crippen LogP contribution in [0.5, 0.6) is 0 Å². The molecule has 1 heterocycles. The zero-order valence-electron chi connectivity index (χ0n) is 15.4. The molecule has 1 N–H and O–H groups in total. The molecule has 0 spiro atoms. The molecule has 1 aliphatic heterocycles. The summed E-state index contributed by atoms with van der Waals surface area (Å²) in [5.74, 6) is -2.61. The fourth-order valence-corrected chi connectivity index (χ4v) is 2.71. The first kappa shape index (κ1) is 21.7. The number of ether oxygens (including phenoxy) is 2. The molecule has 2 rings (SSSR count). The van der Waals surface area contributed by atoms with Gasteiger partial charge in [-0.05, 0) is 25.1 Å². The number of alkyl halides is 3. The first-order valence-electron chi connectivity index (χ1n) is 8.58.